The molecule has 0 saturated carbocycles. The average Bonchev–Trinajstić information content (AvgIpc) is 3.03. The smallest absolute Gasteiger partial charge is 0.319 e. The van der Waals surface area contributed by atoms with Crippen molar-refractivity contribution in [3.63, 3.8) is 0 Å². The first kappa shape index (κ1) is 17.0. The number of likely N-dealkylation sites (N-methyl/N-ethyl adjacent to an activating group) is 1. The fraction of sp³-hybridized carbons (Fsp3) is 0.294. The monoisotopic (exact) mass is 331 g/mol. The van der Waals surface area contributed by atoms with E-state index in [0.717, 1.165) is 10.4 Å². The average molecular weight is 331 g/mol. The van der Waals surface area contributed by atoms with Gasteiger partial charge in [0.2, 0.25) is 5.91 Å². The van der Waals surface area contributed by atoms with Crippen molar-refractivity contribution in [3.8, 4) is 0 Å². The number of aryl methyl sites for hydroxylation is 1. The zero-order valence-electron chi connectivity index (χ0n) is 13.3. The largest absolute Gasteiger partial charge is 0.336 e. The fourth-order valence-electron chi connectivity index (χ4n) is 2.13. The van der Waals surface area contributed by atoms with E-state index < -0.39 is 0 Å². The molecule has 5 nitrogen and oxygen atoms in total. The Morgan fingerprint density at radius 3 is 2.70 bits per heavy atom. The Hall–Kier alpha value is -2.34. The molecule has 6 heteroatoms. The molecule has 0 atom stereocenters. The molecule has 0 fully saturated rings. The summed E-state index contributed by atoms with van der Waals surface area (Å²) in [6.45, 7) is 5.05. The molecule has 2 N–H and O–H groups in total. The minimum atomic E-state index is -0.379. The molecule has 0 aliphatic heterocycles. The normalized spacial score (nSPS) is 10.2. The van der Waals surface area contributed by atoms with Crippen LogP contribution in [0.2, 0.25) is 0 Å². The molecule has 23 heavy (non-hydrogen) atoms. The fourth-order valence-corrected chi connectivity index (χ4v) is 2.85. The molecule has 122 valence electrons. The molecular formula is C17H21N3O2S. The lowest BCUT2D eigenvalue weighted by Crippen LogP contribution is -2.41. The van der Waals surface area contributed by atoms with E-state index in [1.165, 1.54) is 0 Å². The van der Waals surface area contributed by atoms with Gasteiger partial charge in [-0.05, 0) is 43.0 Å². The van der Waals surface area contributed by atoms with Crippen LogP contribution in [0.3, 0.4) is 0 Å². The molecule has 1 heterocycles. The lowest BCUT2D eigenvalue weighted by atomic mass is 10.2. The Bertz CT molecular complexity index is 656. The summed E-state index contributed by atoms with van der Waals surface area (Å²) in [6.07, 6.45) is 0. The van der Waals surface area contributed by atoms with E-state index in [0.29, 0.717) is 18.8 Å². The molecule has 0 unspecified atom stereocenters. The van der Waals surface area contributed by atoms with Crippen LogP contribution >= 0.6 is 11.3 Å². The first-order chi connectivity index (χ1) is 11.1. The van der Waals surface area contributed by atoms with Gasteiger partial charge in [0.1, 0.15) is 0 Å². The molecular weight excluding hydrogens is 310 g/mol. The highest BCUT2D eigenvalue weighted by Crippen LogP contribution is 2.12. The maximum atomic E-state index is 12.2. The number of carbonyl (C=O) groups is 2. The van der Waals surface area contributed by atoms with E-state index in [9.17, 15) is 9.59 Å². The third kappa shape index (κ3) is 5.41. The van der Waals surface area contributed by atoms with Crippen molar-refractivity contribution in [2.24, 2.45) is 0 Å². The van der Waals surface area contributed by atoms with Crippen molar-refractivity contribution >= 4 is 29.0 Å². The number of nitrogens with one attached hydrogen (secondary N) is 2. The standard InChI is InChI=1S/C17H21N3O2S/c1-3-20(12-15-8-5-9-23-15)16(21)11-18-17(22)19-14-7-4-6-13(2)10-14/h4-10H,3,11-12H2,1-2H3,(H2,18,19,22). The van der Waals surface area contributed by atoms with Crippen LogP contribution in [-0.4, -0.2) is 29.9 Å². The number of urea groups is 1. The molecule has 3 amide bonds. The van der Waals surface area contributed by atoms with Crippen molar-refractivity contribution in [2.45, 2.75) is 20.4 Å². The van der Waals surface area contributed by atoms with Crippen molar-refractivity contribution in [1.82, 2.24) is 10.2 Å². The third-order valence-electron chi connectivity index (χ3n) is 3.34. The highest BCUT2D eigenvalue weighted by molar-refractivity contribution is 7.09. The molecule has 0 radical (unpaired) electrons. The molecule has 1 aromatic heterocycles. The molecule has 0 spiro atoms. The number of hydrogen-bond acceptors (Lipinski definition) is 3. The second-order valence-electron chi connectivity index (χ2n) is 5.16. The van der Waals surface area contributed by atoms with E-state index in [2.05, 4.69) is 10.6 Å². The second-order valence-corrected chi connectivity index (χ2v) is 6.20. The number of nitrogens with zero attached hydrogens (tertiary/aromatic N) is 1. The molecule has 2 aromatic rings. The van der Waals surface area contributed by atoms with E-state index in [1.807, 2.05) is 55.6 Å². The Kier molecular flexibility index (Phi) is 6.17. The van der Waals surface area contributed by atoms with Crippen LogP contribution in [0.1, 0.15) is 17.4 Å². The summed E-state index contributed by atoms with van der Waals surface area (Å²) in [4.78, 5) is 26.9. The molecule has 0 bridgehead atoms. The summed E-state index contributed by atoms with van der Waals surface area (Å²) in [7, 11) is 0. The van der Waals surface area contributed by atoms with Crippen molar-refractivity contribution in [1.29, 1.82) is 0 Å². The molecule has 0 aliphatic rings. The number of hydrogen-bond donors (Lipinski definition) is 2. The molecule has 0 saturated heterocycles. The minimum Gasteiger partial charge on any atom is -0.336 e. The predicted molar refractivity (Wildman–Crippen MR) is 93.6 cm³/mol. The van der Waals surface area contributed by atoms with E-state index in [-0.39, 0.29) is 18.5 Å². The summed E-state index contributed by atoms with van der Waals surface area (Å²) < 4.78 is 0. The maximum Gasteiger partial charge on any atom is 0.319 e. The highest BCUT2D eigenvalue weighted by atomic mass is 32.1. The van der Waals surface area contributed by atoms with Gasteiger partial charge < -0.3 is 15.5 Å². The van der Waals surface area contributed by atoms with Gasteiger partial charge in [0.25, 0.3) is 0 Å². The van der Waals surface area contributed by atoms with E-state index in [4.69, 9.17) is 0 Å². The Morgan fingerprint density at radius 2 is 2.04 bits per heavy atom. The zero-order chi connectivity index (χ0) is 16.7. The minimum absolute atomic E-state index is 0.0170. The van der Waals surface area contributed by atoms with Gasteiger partial charge in [-0.1, -0.05) is 18.2 Å². The van der Waals surface area contributed by atoms with Gasteiger partial charge >= 0.3 is 6.03 Å². The quantitative estimate of drug-likeness (QED) is 0.854. The summed E-state index contributed by atoms with van der Waals surface area (Å²) in [5, 5.41) is 7.32. The van der Waals surface area contributed by atoms with Crippen LogP contribution in [0.5, 0.6) is 0 Å². The predicted octanol–water partition coefficient (Wildman–Crippen LogP) is 3.23. The van der Waals surface area contributed by atoms with E-state index in [1.54, 1.807) is 16.2 Å². The van der Waals surface area contributed by atoms with Crippen LogP contribution in [0.25, 0.3) is 0 Å². The number of rotatable bonds is 6. The first-order valence-electron chi connectivity index (χ1n) is 7.50. The summed E-state index contributed by atoms with van der Waals surface area (Å²) in [6, 6.07) is 11.1. The first-order valence-corrected chi connectivity index (χ1v) is 8.38. The summed E-state index contributed by atoms with van der Waals surface area (Å²) in [5.74, 6) is -0.0970. The molecule has 1 aromatic carbocycles. The van der Waals surface area contributed by atoms with Gasteiger partial charge in [-0.25, -0.2) is 4.79 Å². The van der Waals surface area contributed by atoms with Gasteiger partial charge in [0, 0.05) is 17.1 Å². The topological polar surface area (TPSA) is 61.4 Å². The van der Waals surface area contributed by atoms with Crippen molar-refractivity contribution < 1.29 is 9.59 Å². The zero-order valence-corrected chi connectivity index (χ0v) is 14.2. The van der Waals surface area contributed by atoms with Crippen LogP contribution in [0.4, 0.5) is 10.5 Å². The van der Waals surface area contributed by atoms with Gasteiger partial charge in [0.05, 0.1) is 13.1 Å². The third-order valence-corrected chi connectivity index (χ3v) is 4.20. The van der Waals surface area contributed by atoms with Crippen LogP contribution in [0.15, 0.2) is 41.8 Å². The Balaban J connectivity index is 1.81. The molecule has 0 aliphatic carbocycles. The highest BCUT2D eigenvalue weighted by Gasteiger charge is 2.13. The summed E-state index contributed by atoms with van der Waals surface area (Å²) >= 11 is 1.62. The number of benzene rings is 1. The number of amides is 3. The van der Waals surface area contributed by atoms with Crippen molar-refractivity contribution in [3.05, 3.63) is 52.2 Å². The lowest BCUT2D eigenvalue weighted by molar-refractivity contribution is -0.130. The Labute approximate surface area is 140 Å². The van der Waals surface area contributed by atoms with E-state index >= 15 is 0 Å². The van der Waals surface area contributed by atoms with Gasteiger partial charge in [-0.15, -0.1) is 11.3 Å². The Morgan fingerprint density at radius 1 is 1.22 bits per heavy atom. The number of thiophene rings is 1. The lowest BCUT2D eigenvalue weighted by Gasteiger charge is -2.20. The number of carbonyl (C=O) groups excluding carboxylic acids is 2. The van der Waals surface area contributed by atoms with Crippen molar-refractivity contribution in [2.75, 3.05) is 18.4 Å². The van der Waals surface area contributed by atoms with Crippen LogP contribution < -0.4 is 10.6 Å². The SMILES string of the molecule is CCN(Cc1cccs1)C(=O)CNC(=O)Nc1cccc(C)c1. The molecule has 2 rings (SSSR count). The van der Waals surface area contributed by atoms with Gasteiger partial charge in [-0.2, -0.15) is 0 Å². The van der Waals surface area contributed by atoms with Gasteiger partial charge in [-0.3, -0.25) is 4.79 Å². The second kappa shape index (κ2) is 8.33. The summed E-state index contributed by atoms with van der Waals surface area (Å²) in [5.41, 5.74) is 1.77. The maximum absolute atomic E-state index is 12.2. The van der Waals surface area contributed by atoms with Crippen LogP contribution in [0, 0.1) is 6.92 Å². The number of anilines is 1. The van der Waals surface area contributed by atoms with Gasteiger partial charge in [0.15, 0.2) is 0 Å². The van der Waals surface area contributed by atoms with Crippen LogP contribution in [-0.2, 0) is 11.3 Å².